The Labute approximate surface area is 131 Å². The fourth-order valence-corrected chi connectivity index (χ4v) is 3.18. The maximum Gasteiger partial charge on any atom is 0.220 e. The van der Waals surface area contributed by atoms with Crippen LogP contribution in [0, 0.1) is 12.8 Å². The standard InChI is InChI=1S/C15H18BrN3O2/c1-8-15-12(18-19(8)3)5-11(16)6-13(15)21-9(2)10-4-14(20)17-7-10/h5-6,9-10H,4,7H2,1-3H3,(H,17,20)/t9-,10-/m1/s1. The quantitative estimate of drug-likeness (QED) is 0.924. The van der Waals surface area contributed by atoms with E-state index in [4.69, 9.17) is 4.74 Å². The van der Waals surface area contributed by atoms with Crippen molar-refractivity contribution in [3.05, 3.63) is 22.3 Å². The predicted octanol–water partition coefficient (Wildman–Crippen LogP) is 2.55. The molecule has 2 heterocycles. The summed E-state index contributed by atoms with van der Waals surface area (Å²) in [5, 5.41) is 8.38. The highest BCUT2D eigenvalue weighted by Crippen LogP contribution is 2.33. The molecule has 0 bridgehead atoms. The highest BCUT2D eigenvalue weighted by Gasteiger charge is 2.28. The highest BCUT2D eigenvalue weighted by molar-refractivity contribution is 9.10. The van der Waals surface area contributed by atoms with Crippen LogP contribution in [-0.2, 0) is 11.8 Å². The number of fused-ring (bicyclic) bond motifs is 1. The van der Waals surface area contributed by atoms with Gasteiger partial charge in [0.25, 0.3) is 0 Å². The fraction of sp³-hybridized carbons (Fsp3) is 0.467. The van der Waals surface area contributed by atoms with Gasteiger partial charge in [-0.25, -0.2) is 0 Å². The first kappa shape index (κ1) is 14.4. The summed E-state index contributed by atoms with van der Waals surface area (Å²) in [7, 11) is 1.93. The summed E-state index contributed by atoms with van der Waals surface area (Å²) >= 11 is 3.50. The summed E-state index contributed by atoms with van der Waals surface area (Å²) in [4.78, 5) is 11.3. The van der Waals surface area contributed by atoms with E-state index in [-0.39, 0.29) is 17.9 Å². The van der Waals surface area contributed by atoms with E-state index in [0.29, 0.717) is 13.0 Å². The van der Waals surface area contributed by atoms with Crippen LogP contribution >= 0.6 is 15.9 Å². The molecule has 1 amide bonds. The van der Waals surface area contributed by atoms with Crippen molar-refractivity contribution in [2.24, 2.45) is 13.0 Å². The molecule has 1 fully saturated rings. The van der Waals surface area contributed by atoms with Crippen LogP contribution in [0.15, 0.2) is 16.6 Å². The average Bonchev–Trinajstić information content (AvgIpc) is 2.95. The molecule has 1 aliphatic heterocycles. The van der Waals surface area contributed by atoms with E-state index in [2.05, 4.69) is 26.3 Å². The minimum absolute atomic E-state index is 0.0268. The van der Waals surface area contributed by atoms with Gasteiger partial charge in [-0.1, -0.05) is 15.9 Å². The van der Waals surface area contributed by atoms with E-state index in [1.807, 2.05) is 37.7 Å². The van der Waals surface area contributed by atoms with Crippen molar-refractivity contribution in [3.63, 3.8) is 0 Å². The summed E-state index contributed by atoms with van der Waals surface area (Å²) in [5.41, 5.74) is 1.98. The minimum Gasteiger partial charge on any atom is -0.490 e. The van der Waals surface area contributed by atoms with Crippen molar-refractivity contribution in [2.75, 3.05) is 6.54 Å². The molecule has 1 saturated heterocycles. The molecule has 0 spiro atoms. The first-order valence-corrected chi connectivity index (χ1v) is 7.81. The number of rotatable bonds is 3. The number of amides is 1. The van der Waals surface area contributed by atoms with E-state index >= 15 is 0 Å². The second-order valence-corrected chi connectivity index (χ2v) is 6.51. The van der Waals surface area contributed by atoms with Gasteiger partial charge in [0.1, 0.15) is 11.9 Å². The zero-order valence-corrected chi connectivity index (χ0v) is 13.9. The smallest absolute Gasteiger partial charge is 0.220 e. The van der Waals surface area contributed by atoms with Crippen molar-refractivity contribution in [3.8, 4) is 5.75 Å². The zero-order valence-electron chi connectivity index (χ0n) is 12.3. The molecular formula is C15H18BrN3O2. The number of carbonyl (C=O) groups excluding carboxylic acids is 1. The second-order valence-electron chi connectivity index (χ2n) is 5.60. The largest absolute Gasteiger partial charge is 0.490 e. The van der Waals surface area contributed by atoms with Crippen molar-refractivity contribution in [2.45, 2.75) is 26.4 Å². The van der Waals surface area contributed by atoms with Crippen molar-refractivity contribution >= 4 is 32.7 Å². The number of hydrogen-bond donors (Lipinski definition) is 1. The Morgan fingerprint density at radius 2 is 2.29 bits per heavy atom. The van der Waals surface area contributed by atoms with Gasteiger partial charge in [-0.05, 0) is 26.0 Å². The number of carbonyl (C=O) groups is 1. The Kier molecular flexibility index (Phi) is 3.65. The monoisotopic (exact) mass is 351 g/mol. The molecule has 0 unspecified atom stereocenters. The van der Waals surface area contributed by atoms with Gasteiger partial charge in [-0.15, -0.1) is 0 Å². The lowest BCUT2D eigenvalue weighted by Gasteiger charge is -2.20. The molecule has 5 nitrogen and oxygen atoms in total. The van der Waals surface area contributed by atoms with Crippen LogP contribution in [0.2, 0.25) is 0 Å². The lowest BCUT2D eigenvalue weighted by Crippen LogP contribution is -2.25. The molecule has 112 valence electrons. The Morgan fingerprint density at radius 1 is 1.52 bits per heavy atom. The number of nitrogens with zero attached hydrogens (tertiary/aromatic N) is 2. The van der Waals surface area contributed by atoms with E-state index in [9.17, 15) is 4.79 Å². The van der Waals surface area contributed by atoms with Crippen LogP contribution in [0.3, 0.4) is 0 Å². The molecular weight excluding hydrogens is 334 g/mol. The Balaban J connectivity index is 1.94. The average molecular weight is 352 g/mol. The van der Waals surface area contributed by atoms with Crippen LogP contribution in [0.1, 0.15) is 19.0 Å². The maximum atomic E-state index is 11.3. The van der Waals surface area contributed by atoms with E-state index in [0.717, 1.165) is 26.8 Å². The van der Waals surface area contributed by atoms with E-state index < -0.39 is 0 Å². The van der Waals surface area contributed by atoms with Gasteiger partial charge in [-0.3, -0.25) is 9.48 Å². The topological polar surface area (TPSA) is 56.1 Å². The minimum atomic E-state index is -0.0268. The summed E-state index contributed by atoms with van der Waals surface area (Å²) in [6.45, 7) is 4.73. The van der Waals surface area contributed by atoms with E-state index in [1.165, 1.54) is 0 Å². The summed E-state index contributed by atoms with van der Waals surface area (Å²) in [5.74, 6) is 1.13. The molecule has 21 heavy (non-hydrogen) atoms. The third-order valence-corrected chi connectivity index (χ3v) is 4.59. The van der Waals surface area contributed by atoms with Gasteiger partial charge in [-0.2, -0.15) is 5.10 Å². The van der Waals surface area contributed by atoms with Gasteiger partial charge in [0.2, 0.25) is 5.91 Å². The molecule has 1 N–H and O–H groups in total. The highest BCUT2D eigenvalue weighted by atomic mass is 79.9. The Bertz CT molecular complexity index is 710. The first-order valence-electron chi connectivity index (χ1n) is 7.02. The Hall–Kier alpha value is -1.56. The number of aryl methyl sites for hydroxylation is 2. The number of aromatic nitrogens is 2. The molecule has 0 radical (unpaired) electrons. The second kappa shape index (κ2) is 5.33. The SMILES string of the molecule is Cc1c2c(O[C@H](C)[C@H]3CNC(=O)C3)cc(Br)cc2nn1C. The van der Waals surface area contributed by atoms with Crippen LogP contribution < -0.4 is 10.1 Å². The summed E-state index contributed by atoms with van der Waals surface area (Å²) in [6, 6.07) is 3.96. The van der Waals surface area contributed by atoms with Crippen molar-refractivity contribution in [1.29, 1.82) is 0 Å². The van der Waals surface area contributed by atoms with Gasteiger partial charge in [0.05, 0.1) is 10.9 Å². The van der Waals surface area contributed by atoms with Crippen molar-refractivity contribution in [1.82, 2.24) is 15.1 Å². The molecule has 1 aromatic carbocycles. The zero-order chi connectivity index (χ0) is 15.1. The Morgan fingerprint density at radius 3 is 2.95 bits per heavy atom. The van der Waals surface area contributed by atoms with Gasteiger partial charge in [0.15, 0.2) is 0 Å². The van der Waals surface area contributed by atoms with Crippen LogP contribution in [-0.4, -0.2) is 28.3 Å². The lowest BCUT2D eigenvalue weighted by molar-refractivity contribution is -0.119. The normalized spacial score (nSPS) is 19.8. The summed E-state index contributed by atoms with van der Waals surface area (Å²) < 4.78 is 8.96. The molecule has 1 aliphatic rings. The first-order chi connectivity index (χ1) is 9.95. The number of hydrogen-bond acceptors (Lipinski definition) is 3. The number of halogens is 1. The lowest BCUT2D eigenvalue weighted by atomic mass is 10.0. The number of nitrogens with one attached hydrogen (secondary N) is 1. The van der Waals surface area contributed by atoms with Crippen LogP contribution in [0.4, 0.5) is 0 Å². The summed E-state index contributed by atoms with van der Waals surface area (Å²) in [6.07, 6.45) is 0.505. The number of ether oxygens (including phenoxy) is 1. The van der Waals surface area contributed by atoms with Gasteiger partial charge < -0.3 is 10.1 Å². The number of benzene rings is 1. The van der Waals surface area contributed by atoms with Crippen molar-refractivity contribution < 1.29 is 9.53 Å². The third-order valence-electron chi connectivity index (χ3n) is 4.14. The molecule has 3 rings (SSSR count). The molecule has 6 heteroatoms. The van der Waals surface area contributed by atoms with Crippen LogP contribution in [0.25, 0.3) is 10.9 Å². The van der Waals surface area contributed by atoms with Crippen LogP contribution in [0.5, 0.6) is 5.75 Å². The van der Waals surface area contributed by atoms with E-state index in [1.54, 1.807) is 0 Å². The molecule has 2 aromatic rings. The molecule has 2 atom stereocenters. The fourth-order valence-electron chi connectivity index (χ4n) is 2.76. The van der Waals surface area contributed by atoms with Gasteiger partial charge in [0, 0.05) is 36.1 Å². The maximum absolute atomic E-state index is 11.3. The molecule has 0 saturated carbocycles. The molecule has 0 aliphatic carbocycles. The van der Waals surface area contributed by atoms with Gasteiger partial charge >= 0.3 is 0 Å². The third kappa shape index (κ3) is 2.64. The molecule has 1 aromatic heterocycles. The predicted molar refractivity (Wildman–Crippen MR) is 84.4 cm³/mol.